The van der Waals surface area contributed by atoms with Gasteiger partial charge in [-0.2, -0.15) is 0 Å². The second-order valence-electron chi connectivity index (χ2n) is 11.4. The van der Waals surface area contributed by atoms with Crippen molar-refractivity contribution in [1.82, 2.24) is 25.3 Å². The Balaban J connectivity index is 1.31. The molecule has 0 saturated carbocycles. The number of benzene rings is 1. The predicted octanol–water partition coefficient (Wildman–Crippen LogP) is 5.29. The summed E-state index contributed by atoms with van der Waals surface area (Å²) < 4.78 is 5.63. The van der Waals surface area contributed by atoms with E-state index in [0.717, 1.165) is 84.9 Å². The second kappa shape index (κ2) is 13.9. The Labute approximate surface area is 249 Å². The molecule has 1 atom stereocenters. The molecule has 4 heterocycles. The lowest BCUT2D eigenvalue weighted by molar-refractivity contribution is 0.122. The Morgan fingerprint density at radius 2 is 1.79 bits per heavy atom. The number of nitrogens with zero attached hydrogens (tertiary/aromatic N) is 6. The van der Waals surface area contributed by atoms with Crippen LogP contribution < -0.4 is 20.4 Å². The number of amides is 2. The molecule has 2 amide bonds. The Morgan fingerprint density at radius 3 is 2.52 bits per heavy atom. The van der Waals surface area contributed by atoms with Gasteiger partial charge in [0.1, 0.15) is 17.5 Å². The van der Waals surface area contributed by atoms with E-state index < -0.39 is 0 Å². The molecule has 3 aromatic rings. The first kappa shape index (κ1) is 29.7. The molecule has 42 heavy (non-hydrogen) atoms. The molecular weight excluding hydrogens is 528 g/mol. The molecule has 0 aliphatic carbocycles. The molecule has 1 saturated heterocycles. The first-order valence-electron chi connectivity index (χ1n) is 15.3. The van der Waals surface area contributed by atoms with Crippen LogP contribution in [0.2, 0.25) is 0 Å². The minimum Gasteiger partial charge on any atom is -0.378 e. The number of nitrogens with one attached hydrogen (secondary N) is 2. The van der Waals surface area contributed by atoms with Crippen molar-refractivity contribution in [3.05, 3.63) is 53.1 Å². The van der Waals surface area contributed by atoms with E-state index in [1.807, 2.05) is 44.2 Å². The third-order valence-corrected chi connectivity index (χ3v) is 8.14. The number of carbonyl (C=O) groups is 1. The van der Waals surface area contributed by atoms with Gasteiger partial charge < -0.3 is 25.2 Å². The molecule has 224 valence electrons. The molecule has 2 aliphatic heterocycles. The summed E-state index contributed by atoms with van der Waals surface area (Å²) in [4.78, 5) is 36.3. The van der Waals surface area contributed by atoms with Crippen molar-refractivity contribution in [2.45, 2.75) is 66.3 Å². The number of unbranched alkanes of at least 4 members (excludes halogenated alkanes) is 1. The summed E-state index contributed by atoms with van der Waals surface area (Å²) in [6, 6.07) is 9.63. The molecule has 10 heteroatoms. The fourth-order valence-corrected chi connectivity index (χ4v) is 5.53. The maximum atomic E-state index is 12.4. The summed E-state index contributed by atoms with van der Waals surface area (Å²) in [5.41, 5.74) is 4.84. The number of morpholine rings is 1. The minimum absolute atomic E-state index is 0.179. The largest absolute Gasteiger partial charge is 0.378 e. The van der Waals surface area contributed by atoms with Crippen LogP contribution in [-0.2, 0) is 17.7 Å². The van der Waals surface area contributed by atoms with Gasteiger partial charge in [0.2, 0.25) is 0 Å². The lowest BCUT2D eigenvalue weighted by Crippen LogP contribution is -2.39. The molecular formula is C32H44N8O2. The average molecular weight is 573 g/mol. The Morgan fingerprint density at radius 1 is 1.00 bits per heavy atom. The first-order valence-corrected chi connectivity index (χ1v) is 15.3. The van der Waals surface area contributed by atoms with Crippen molar-refractivity contribution in [2.75, 3.05) is 54.5 Å². The summed E-state index contributed by atoms with van der Waals surface area (Å²) >= 11 is 0. The quantitative estimate of drug-likeness (QED) is 0.316. The smallest absolute Gasteiger partial charge is 0.319 e. The van der Waals surface area contributed by atoms with Gasteiger partial charge in [-0.15, -0.1) is 0 Å². The third-order valence-electron chi connectivity index (χ3n) is 8.14. The van der Waals surface area contributed by atoms with Crippen molar-refractivity contribution in [3.63, 3.8) is 0 Å². The molecule has 10 nitrogen and oxygen atoms in total. The number of urea groups is 1. The van der Waals surface area contributed by atoms with E-state index in [4.69, 9.17) is 19.7 Å². The van der Waals surface area contributed by atoms with Crippen LogP contribution in [0.3, 0.4) is 0 Å². The van der Waals surface area contributed by atoms with Crippen LogP contribution in [0.15, 0.2) is 30.3 Å². The molecule has 0 radical (unpaired) electrons. The van der Waals surface area contributed by atoms with Gasteiger partial charge in [0.15, 0.2) is 5.82 Å². The molecule has 2 aromatic heterocycles. The summed E-state index contributed by atoms with van der Waals surface area (Å²) in [7, 11) is 0. The van der Waals surface area contributed by atoms with Crippen LogP contribution >= 0.6 is 0 Å². The highest BCUT2D eigenvalue weighted by Gasteiger charge is 2.27. The fourth-order valence-electron chi connectivity index (χ4n) is 5.53. The summed E-state index contributed by atoms with van der Waals surface area (Å²) in [6.45, 7) is 13.6. The molecule has 1 aromatic carbocycles. The zero-order chi connectivity index (χ0) is 29.5. The number of aryl methyl sites for hydroxylation is 2. The monoisotopic (exact) mass is 572 g/mol. The number of hydrogen-bond acceptors (Lipinski definition) is 8. The van der Waals surface area contributed by atoms with Gasteiger partial charge >= 0.3 is 6.03 Å². The lowest BCUT2D eigenvalue weighted by atomic mass is 10.0. The van der Waals surface area contributed by atoms with E-state index in [9.17, 15) is 4.79 Å². The molecule has 1 fully saturated rings. The molecule has 0 bridgehead atoms. The van der Waals surface area contributed by atoms with Gasteiger partial charge in [-0.3, -0.25) is 0 Å². The van der Waals surface area contributed by atoms with E-state index in [-0.39, 0.29) is 6.03 Å². The van der Waals surface area contributed by atoms with Crippen molar-refractivity contribution in [1.29, 1.82) is 0 Å². The molecule has 1 unspecified atom stereocenters. The van der Waals surface area contributed by atoms with E-state index in [1.54, 1.807) is 0 Å². The van der Waals surface area contributed by atoms with Crippen LogP contribution in [0.5, 0.6) is 0 Å². The van der Waals surface area contributed by atoms with E-state index in [2.05, 4.69) is 39.3 Å². The Hall–Kier alpha value is -3.79. The van der Waals surface area contributed by atoms with Crippen LogP contribution in [0, 0.1) is 19.8 Å². The zero-order valence-corrected chi connectivity index (χ0v) is 25.4. The number of anilines is 3. The average Bonchev–Trinajstić information content (AvgIpc) is 3.00. The number of ether oxygens (including phenoxy) is 1. The van der Waals surface area contributed by atoms with Gasteiger partial charge in [-0.25, -0.2) is 24.7 Å². The molecule has 0 spiro atoms. The van der Waals surface area contributed by atoms with Crippen LogP contribution in [0.4, 0.5) is 22.1 Å². The number of carbonyl (C=O) groups excluding carboxylic acids is 1. The number of hydrogen-bond donors (Lipinski definition) is 2. The predicted molar refractivity (Wildman–Crippen MR) is 167 cm³/mol. The standard InChI is InChI=1S/C32H44N8O2/c1-5-22(2)8-6-7-14-33-32(41)36-26-11-9-25(10-12-26)30-37-28-21-40(29-20-23(3)34-24(4)35-29)15-13-27(28)31(38-30)39-16-18-42-19-17-39/h9-12,20,22H,5-8,13-19,21H2,1-4H3,(H2,33,36,41). The van der Waals surface area contributed by atoms with Crippen molar-refractivity contribution < 1.29 is 9.53 Å². The minimum atomic E-state index is -0.179. The van der Waals surface area contributed by atoms with Gasteiger partial charge in [0, 0.05) is 54.8 Å². The highest BCUT2D eigenvalue weighted by Crippen LogP contribution is 2.32. The topological polar surface area (TPSA) is 108 Å². The normalized spacial score (nSPS) is 15.7. The second-order valence-corrected chi connectivity index (χ2v) is 11.4. The van der Waals surface area contributed by atoms with Crippen LogP contribution in [0.1, 0.15) is 62.3 Å². The molecule has 5 rings (SSSR count). The summed E-state index contributed by atoms with van der Waals surface area (Å²) in [5, 5.41) is 5.91. The zero-order valence-electron chi connectivity index (χ0n) is 25.4. The number of rotatable bonds is 10. The van der Waals surface area contributed by atoms with E-state index in [1.165, 1.54) is 18.4 Å². The summed E-state index contributed by atoms with van der Waals surface area (Å²) in [5.74, 6) is 4.14. The Bertz CT molecular complexity index is 1340. The van der Waals surface area contributed by atoms with Crippen molar-refractivity contribution >= 4 is 23.4 Å². The molecule has 2 N–H and O–H groups in total. The van der Waals surface area contributed by atoms with Crippen molar-refractivity contribution in [3.8, 4) is 11.4 Å². The van der Waals surface area contributed by atoms with Crippen LogP contribution in [0.25, 0.3) is 11.4 Å². The highest BCUT2D eigenvalue weighted by atomic mass is 16.5. The first-order chi connectivity index (χ1) is 20.4. The van der Waals surface area contributed by atoms with Gasteiger partial charge in [0.05, 0.1) is 25.5 Å². The van der Waals surface area contributed by atoms with Crippen LogP contribution in [-0.4, -0.2) is 65.4 Å². The van der Waals surface area contributed by atoms with Gasteiger partial charge in [0.25, 0.3) is 0 Å². The fraction of sp³-hybridized carbons (Fsp3) is 0.531. The van der Waals surface area contributed by atoms with Crippen molar-refractivity contribution in [2.24, 2.45) is 5.92 Å². The van der Waals surface area contributed by atoms with E-state index >= 15 is 0 Å². The number of aromatic nitrogens is 4. The van der Waals surface area contributed by atoms with Gasteiger partial charge in [-0.05, 0) is 56.9 Å². The third kappa shape index (κ3) is 7.53. The Kier molecular flexibility index (Phi) is 9.84. The maximum absolute atomic E-state index is 12.4. The van der Waals surface area contributed by atoms with E-state index in [0.29, 0.717) is 32.1 Å². The van der Waals surface area contributed by atoms with Gasteiger partial charge in [-0.1, -0.05) is 33.1 Å². The highest BCUT2D eigenvalue weighted by molar-refractivity contribution is 5.89. The SMILES string of the molecule is CCC(C)CCCCNC(=O)Nc1ccc(-c2nc3c(c(N4CCOCC4)n2)CCN(c2cc(C)nc(C)n2)C3)cc1. The maximum Gasteiger partial charge on any atom is 0.319 e. The summed E-state index contributed by atoms with van der Waals surface area (Å²) in [6.07, 6.45) is 5.38. The lowest BCUT2D eigenvalue weighted by Gasteiger charge is -2.34. The number of fused-ring (bicyclic) bond motifs is 1. The molecule has 2 aliphatic rings.